The molecule has 0 spiro atoms. The molecular formula is C8H13N3O. The third-order valence-electron chi connectivity index (χ3n) is 2.04. The summed E-state index contributed by atoms with van der Waals surface area (Å²) in [6.07, 6.45) is 0.944. The van der Waals surface area contributed by atoms with E-state index in [4.69, 9.17) is 4.74 Å². The first-order valence-electron chi connectivity index (χ1n) is 4.25. The van der Waals surface area contributed by atoms with Gasteiger partial charge in [-0.25, -0.2) is 4.68 Å². The van der Waals surface area contributed by atoms with Crippen LogP contribution in [0.5, 0.6) is 5.88 Å². The molecule has 1 aliphatic rings. The fourth-order valence-corrected chi connectivity index (χ4v) is 1.48. The van der Waals surface area contributed by atoms with Gasteiger partial charge in [0.1, 0.15) is 12.3 Å². The Hall–Kier alpha value is -1.19. The van der Waals surface area contributed by atoms with Crippen molar-refractivity contribution in [2.24, 2.45) is 7.05 Å². The van der Waals surface area contributed by atoms with Crippen LogP contribution in [-0.4, -0.2) is 22.9 Å². The lowest BCUT2D eigenvalue weighted by molar-refractivity contribution is 0.295. The molecule has 1 aromatic heterocycles. The summed E-state index contributed by atoms with van der Waals surface area (Å²) in [5, 5.41) is 7.63. The van der Waals surface area contributed by atoms with Crippen molar-refractivity contribution in [1.82, 2.24) is 9.78 Å². The predicted molar refractivity (Wildman–Crippen MR) is 46.6 cm³/mol. The maximum atomic E-state index is 5.47. The summed E-state index contributed by atoms with van der Waals surface area (Å²) >= 11 is 0. The maximum absolute atomic E-state index is 5.47. The molecule has 0 aromatic carbocycles. The topological polar surface area (TPSA) is 39.1 Å². The lowest BCUT2D eigenvalue weighted by Crippen LogP contribution is -2.19. The van der Waals surface area contributed by atoms with Gasteiger partial charge in [0.05, 0.1) is 5.69 Å². The van der Waals surface area contributed by atoms with Crippen molar-refractivity contribution < 1.29 is 4.74 Å². The third kappa shape index (κ3) is 0.948. The number of aryl methyl sites for hydroxylation is 2. The molecule has 0 bridgehead atoms. The van der Waals surface area contributed by atoms with Crippen molar-refractivity contribution >= 4 is 5.69 Å². The van der Waals surface area contributed by atoms with E-state index in [-0.39, 0.29) is 0 Å². The molecule has 0 unspecified atom stereocenters. The predicted octanol–water partition coefficient (Wildman–Crippen LogP) is 0.787. The van der Waals surface area contributed by atoms with Gasteiger partial charge in [0.15, 0.2) is 0 Å². The van der Waals surface area contributed by atoms with Crippen molar-refractivity contribution in [2.45, 2.75) is 13.3 Å². The van der Waals surface area contributed by atoms with Crippen molar-refractivity contribution in [3.05, 3.63) is 5.69 Å². The standard InChI is InChI=1S/C8H13N3O/c1-3-6-7-8(11(2)10-6)12-5-4-9-7/h9H,3-5H2,1-2H3. The number of nitrogens with one attached hydrogen (secondary N) is 1. The fourth-order valence-electron chi connectivity index (χ4n) is 1.48. The largest absolute Gasteiger partial charge is 0.474 e. The number of aromatic nitrogens is 2. The smallest absolute Gasteiger partial charge is 0.236 e. The monoisotopic (exact) mass is 167 g/mol. The second kappa shape index (κ2) is 2.69. The Morgan fingerprint density at radius 1 is 1.67 bits per heavy atom. The van der Waals surface area contributed by atoms with Crippen LogP contribution in [0.15, 0.2) is 0 Å². The number of hydrogen-bond donors (Lipinski definition) is 1. The molecule has 12 heavy (non-hydrogen) atoms. The molecule has 1 N–H and O–H groups in total. The molecule has 2 heterocycles. The van der Waals surface area contributed by atoms with Gasteiger partial charge in [0.2, 0.25) is 5.88 Å². The van der Waals surface area contributed by atoms with Crippen molar-refractivity contribution in [2.75, 3.05) is 18.5 Å². The molecule has 4 nitrogen and oxygen atoms in total. The highest BCUT2D eigenvalue weighted by atomic mass is 16.5. The summed E-state index contributed by atoms with van der Waals surface area (Å²) < 4.78 is 7.27. The van der Waals surface area contributed by atoms with Crippen LogP contribution in [0.2, 0.25) is 0 Å². The first-order valence-corrected chi connectivity index (χ1v) is 4.25. The van der Waals surface area contributed by atoms with Gasteiger partial charge in [-0.1, -0.05) is 6.92 Å². The van der Waals surface area contributed by atoms with Crippen LogP contribution < -0.4 is 10.1 Å². The summed E-state index contributed by atoms with van der Waals surface area (Å²) in [5.74, 6) is 0.873. The molecule has 0 atom stereocenters. The normalized spacial score (nSPS) is 14.8. The SMILES string of the molecule is CCc1nn(C)c2c1NCCO2. The number of fused-ring (bicyclic) bond motifs is 1. The summed E-state index contributed by atoms with van der Waals surface area (Å²) in [6, 6.07) is 0. The zero-order valence-corrected chi connectivity index (χ0v) is 7.42. The van der Waals surface area contributed by atoms with Gasteiger partial charge in [0.25, 0.3) is 0 Å². The van der Waals surface area contributed by atoms with E-state index in [0.717, 1.165) is 36.8 Å². The van der Waals surface area contributed by atoms with Crippen LogP contribution in [-0.2, 0) is 13.5 Å². The summed E-state index contributed by atoms with van der Waals surface area (Å²) in [6.45, 7) is 3.71. The molecular weight excluding hydrogens is 154 g/mol. The zero-order valence-electron chi connectivity index (χ0n) is 7.42. The van der Waals surface area contributed by atoms with Crippen LogP contribution in [0.3, 0.4) is 0 Å². The van der Waals surface area contributed by atoms with Crippen LogP contribution in [0.4, 0.5) is 5.69 Å². The number of nitrogens with zero attached hydrogens (tertiary/aromatic N) is 2. The van der Waals surface area contributed by atoms with E-state index in [1.807, 2.05) is 7.05 Å². The zero-order chi connectivity index (χ0) is 8.55. The minimum Gasteiger partial charge on any atom is -0.474 e. The second-order valence-electron chi connectivity index (χ2n) is 2.88. The van der Waals surface area contributed by atoms with E-state index < -0.39 is 0 Å². The summed E-state index contributed by atoms with van der Waals surface area (Å²) in [4.78, 5) is 0. The Labute approximate surface area is 71.5 Å². The van der Waals surface area contributed by atoms with Gasteiger partial charge >= 0.3 is 0 Å². The highest BCUT2D eigenvalue weighted by Gasteiger charge is 2.18. The van der Waals surface area contributed by atoms with Crippen LogP contribution in [0.1, 0.15) is 12.6 Å². The Morgan fingerprint density at radius 3 is 3.25 bits per heavy atom. The van der Waals surface area contributed by atoms with Crippen LogP contribution >= 0.6 is 0 Å². The second-order valence-corrected chi connectivity index (χ2v) is 2.88. The van der Waals surface area contributed by atoms with Gasteiger partial charge in [0, 0.05) is 13.6 Å². The lowest BCUT2D eigenvalue weighted by Gasteiger charge is -2.16. The lowest BCUT2D eigenvalue weighted by atomic mass is 10.3. The molecule has 0 saturated carbocycles. The summed E-state index contributed by atoms with van der Waals surface area (Å²) in [7, 11) is 1.91. The Kier molecular flexibility index (Phi) is 1.67. The minimum atomic E-state index is 0.732. The number of rotatable bonds is 1. The van der Waals surface area contributed by atoms with E-state index in [2.05, 4.69) is 17.3 Å². The van der Waals surface area contributed by atoms with Crippen molar-refractivity contribution in [1.29, 1.82) is 0 Å². The van der Waals surface area contributed by atoms with E-state index in [1.54, 1.807) is 4.68 Å². The molecule has 0 amide bonds. The number of hydrogen-bond acceptors (Lipinski definition) is 3. The van der Waals surface area contributed by atoms with Crippen LogP contribution in [0, 0.1) is 0 Å². The molecule has 0 radical (unpaired) electrons. The molecule has 1 aromatic rings. The Bertz CT molecular complexity index is 293. The molecule has 2 rings (SSSR count). The Morgan fingerprint density at radius 2 is 2.50 bits per heavy atom. The van der Waals surface area contributed by atoms with Gasteiger partial charge in [-0.2, -0.15) is 5.10 Å². The average molecular weight is 167 g/mol. The number of anilines is 1. The molecule has 1 aliphatic heterocycles. The fraction of sp³-hybridized carbons (Fsp3) is 0.625. The third-order valence-corrected chi connectivity index (χ3v) is 2.04. The van der Waals surface area contributed by atoms with Gasteiger partial charge in [-0.15, -0.1) is 0 Å². The van der Waals surface area contributed by atoms with E-state index in [1.165, 1.54) is 0 Å². The Balaban J connectivity index is 2.47. The molecule has 0 saturated heterocycles. The molecule has 0 fully saturated rings. The van der Waals surface area contributed by atoms with E-state index >= 15 is 0 Å². The van der Waals surface area contributed by atoms with Gasteiger partial charge in [-0.05, 0) is 6.42 Å². The van der Waals surface area contributed by atoms with Gasteiger partial charge in [-0.3, -0.25) is 0 Å². The van der Waals surface area contributed by atoms with Gasteiger partial charge < -0.3 is 10.1 Å². The molecule has 0 aliphatic carbocycles. The van der Waals surface area contributed by atoms with Crippen molar-refractivity contribution in [3.63, 3.8) is 0 Å². The van der Waals surface area contributed by atoms with E-state index in [0.29, 0.717) is 0 Å². The minimum absolute atomic E-state index is 0.732. The quantitative estimate of drug-likeness (QED) is 0.672. The number of ether oxygens (including phenoxy) is 1. The van der Waals surface area contributed by atoms with Crippen molar-refractivity contribution in [3.8, 4) is 5.88 Å². The maximum Gasteiger partial charge on any atom is 0.236 e. The molecule has 66 valence electrons. The van der Waals surface area contributed by atoms with E-state index in [9.17, 15) is 0 Å². The van der Waals surface area contributed by atoms with Crippen LogP contribution in [0.25, 0.3) is 0 Å². The highest BCUT2D eigenvalue weighted by molar-refractivity contribution is 5.58. The first kappa shape index (κ1) is 7.46. The average Bonchev–Trinajstić information content (AvgIpc) is 2.44. The highest BCUT2D eigenvalue weighted by Crippen LogP contribution is 2.30. The summed E-state index contributed by atoms with van der Waals surface area (Å²) in [5.41, 5.74) is 2.17. The first-order chi connectivity index (χ1) is 5.83. The molecule has 4 heteroatoms.